The van der Waals surface area contributed by atoms with Crippen LogP contribution >= 0.6 is 0 Å². The summed E-state index contributed by atoms with van der Waals surface area (Å²) in [7, 11) is 0.827. The largest absolute Gasteiger partial charge is 0.355 e. The average molecular weight is 411 g/mol. The van der Waals surface area contributed by atoms with E-state index >= 15 is 0 Å². The molecular weight excluding hydrogens is 380 g/mol. The fourth-order valence-corrected chi connectivity index (χ4v) is 4.31. The number of nitrogens with zero attached hydrogens (tertiary/aromatic N) is 3. The van der Waals surface area contributed by atoms with Crippen molar-refractivity contribution in [3.63, 3.8) is 0 Å². The highest BCUT2D eigenvalue weighted by Crippen LogP contribution is 2.06. The van der Waals surface area contributed by atoms with Gasteiger partial charge in [-0.1, -0.05) is 60.7 Å². The summed E-state index contributed by atoms with van der Waals surface area (Å²) in [6, 6.07) is 20.0. The standard InChI is InChI=1S/C23H30N4OS/c1-24-23(25-14-20-29(28)22-12-6-3-7-13-22)27-18-16-26(17-19-27)15-8-11-21-9-4-2-5-10-21/h2-13H,14-20H2,1H3,(H,24,25)/b11-8+. The number of hydrogen-bond donors (Lipinski definition) is 1. The molecule has 0 spiro atoms. The van der Waals surface area contributed by atoms with E-state index in [0.717, 1.165) is 43.6 Å². The molecule has 1 unspecified atom stereocenters. The van der Waals surface area contributed by atoms with Gasteiger partial charge in [0.15, 0.2) is 5.96 Å². The molecule has 0 aliphatic carbocycles. The lowest BCUT2D eigenvalue weighted by Gasteiger charge is -2.36. The predicted octanol–water partition coefficient (Wildman–Crippen LogP) is 2.70. The summed E-state index contributed by atoms with van der Waals surface area (Å²) >= 11 is 0. The molecule has 1 aliphatic heterocycles. The van der Waals surface area contributed by atoms with Gasteiger partial charge in [-0.3, -0.25) is 14.1 Å². The molecule has 154 valence electrons. The molecule has 1 heterocycles. The second-order valence-electron chi connectivity index (χ2n) is 6.94. The van der Waals surface area contributed by atoms with Crippen molar-refractivity contribution in [2.75, 3.05) is 52.1 Å². The van der Waals surface area contributed by atoms with Gasteiger partial charge in [-0.05, 0) is 17.7 Å². The highest BCUT2D eigenvalue weighted by Gasteiger charge is 2.18. The second-order valence-corrected chi connectivity index (χ2v) is 8.51. The van der Waals surface area contributed by atoms with Crippen LogP contribution in [0.4, 0.5) is 0 Å². The molecule has 6 heteroatoms. The number of aliphatic imine (C=N–C) groups is 1. The fraction of sp³-hybridized carbons (Fsp3) is 0.348. The van der Waals surface area contributed by atoms with Crippen LogP contribution in [0.1, 0.15) is 5.56 Å². The van der Waals surface area contributed by atoms with Crippen molar-refractivity contribution in [2.24, 2.45) is 4.99 Å². The summed E-state index contributed by atoms with van der Waals surface area (Å²) in [5, 5.41) is 3.37. The number of hydrogen-bond acceptors (Lipinski definition) is 3. The van der Waals surface area contributed by atoms with Crippen molar-refractivity contribution in [3.8, 4) is 0 Å². The van der Waals surface area contributed by atoms with Gasteiger partial charge in [0.25, 0.3) is 0 Å². The van der Waals surface area contributed by atoms with Gasteiger partial charge < -0.3 is 10.2 Å². The number of nitrogens with one attached hydrogen (secondary N) is 1. The lowest BCUT2D eigenvalue weighted by atomic mass is 10.2. The fourth-order valence-electron chi connectivity index (χ4n) is 3.32. The lowest BCUT2D eigenvalue weighted by Crippen LogP contribution is -2.52. The number of guanidine groups is 1. The third-order valence-electron chi connectivity index (χ3n) is 4.93. The SMILES string of the molecule is CN=C(NCCS(=O)c1ccccc1)N1CCN(C/C=C/c2ccccc2)CC1. The highest BCUT2D eigenvalue weighted by molar-refractivity contribution is 7.85. The molecule has 0 aromatic heterocycles. The summed E-state index contributed by atoms with van der Waals surface area (Å²) in [5.74, 6) is 1.47. The topological polar surface area (TPSA) is 47.9 Å². The van der Waals surface area contributed by atoms with Crippen LogP contribution in [0.2, 0.25) is 0 Å². The Morgan fingerprint density at radius 1 is 1.03 bits per heavy atom. The number of benzene rings is 2. The Morgan fingerprint density at radius 2 is 1.69 bits per heavy atom. The molecule has 1 atom stereocenters. The molecule has 1 aliphatic rings. The summed E-state index contributed by atoms with van der Waals surface area (Å²) in [4.78, 5) is 10.0. The van der Waals surface area contributed by atoms with E-state index in [2.05, 4.69) is 56.5 Å². The molecule has 3 rings (SSSR count). The van der Waals surface area contributed by atoms with E-state index < -0.39 is 10.8 Å². The van der Waals surface area contributed by atoms with E-state index in [9.17, 15) is 4.21 Å². The van der Waals surface area contributed by atoms with Crippen LogP contribution in [0, 0.1) is 0 Å². The maximum absolute atomic E-state index is 12.3. The average Bonchev–Trinajstić information content (AvgIpc) is 2.78. The van der Waals surface area contributed by atoms with Gasteiger partial charge in [0, 0.05) is 57.0 Å². The van der Waals surface area contributed by atoms with E-state index in [-0.39, 0.29) is 0 Å². The molecule has 5 nitrogen and oxygen atoms in total. The number of rotatable bonds is 7. The molecule has 0 saturated carbocycles. The minimum atomic E-state index is -0.984. The smallest absolute Gasteiger partial charge is 0.193 e. The van der Waals surface area contributed by atoms with Crippen LogP contribution < -0.4 is 5.32 Å². The van der Waals surface area contributed by atoms with Crippen molar-refractivity contribution < 1.29 is 4.21 Å². The van der Waals surface area contributed by atoms with E-state index in [1.165, 1.54) is 5.56 Å². The van der Waals surface area contributed by atoms with Crippen molar-refractivity contribution in [3.05, 3.63) is 72.3 Å². The molecule has 0 amide bonds. The third kappa shape index (κ3) is 6.84. The summed E-state index contributed by atoms with van der Waals surface area (Å²) in [6.07, 6.45) is 4.41. The van der Waals surface area contributed by atoms with Gasteiger partial charge in [-0.15, -0.1) is 0 Å². The van der Waals surface area contributed by atoms with E-state index in [4.69, 9.17) is 0 Å². The van der Waals surface area contributed by atoms with Gasteiger partial charge in [0.05, 0.1) is 10.8 Å². The molecule has 2 aromatic carbocycles. The maximum atomic E-state index is 12.3. The van der Waals surface area contributed by atoms with Crippen LogP contribution in [0.3, 0.4) is 0 Å². The zero-order chi connectivity index (χ0) is 20.3. The zero-order valence-electron chi connectivity index (χ0n) is 17.0. The second kappa shape index (κ2) is 11.5. The van der Waals surface area contributed by atoms with Gasteiger partial charge in [0.2, 0.25) is 0 Å². The molecular formula is C23H30N4OS. The minimum absolute atomic E-state index is 0.577. The van der Waals surface area contributed by atoms with E-state index in [1.807, 2.05) is 43.4 Å². The lowest BCUT2D eigenvalue weighted by molar-refractivity contribution is 0.194. The van der Waals surface area contributed by atoms with Gasteiger partial charge >= 0.3 is 0 Å². The monoisotopic (exact) mass is 410 g/mol. The predicted molar refractivity (Wildman–Crippen MR) is 123 cm³/mol. The summed E-state index contributed by atoms with van der Waals surface area (Å²) in [5.41, 5.74) is 1.24. The van der Waals surface area contributed by atoms with Crippen LogP contribution in [0.25, 0.3) is 6.08 Å². The normalized spacial score (nSPS) is 16.9. The maximum Gasteiger partial charge on any atom is 0.193 e. The summed E-state index contributed by atoms with van der Waals surface area (Å²) in [6.45, 7) is 5.52. The van der Waals surface area contributed by atoms with Crippen molar-refractivity contribution in [1.29, 1.82) is 0 Å². The Morgan fingerprint density at radius 3 is 2.34 bits per heavy atom. The Bertz CT molecular complexity index is 815. The van der Waals surface area contributed by atoms with Gasteiger partial charge in [-0.25, -0.2) is 0 Å². The molecule has 1 N–H and O–H groups in total. The quantitative estimate of drug-likeness (QED) is 0.563. The van der Waals surface area contributed by atoms with E-state index in [0.29, 0.717) is 12.3 Å². The molecule has 1 saturated heterocycles. The Labute approximate surface area is 176 Å². The third-order valence-corrected chi connectivity index (χ3v) is 6.31. The Hall–Kier alpha value is -2.44. The first kappa shape index (κ1) is 21.3. The first-order valence-corrected chi connectivity index (χ1v) is 11.4. The molecule has 0 bridgehead atoms. The first-order valence-electron chi connectivity index (χ1n) is 10.1. The van der Waals surface area contributed by atoms with Gasteiger partial charge in [0.1, 0.15) is 0 Å². The Kier molecular flexibility index (Phi) is 8.46. The molecule has 0 radical (unpaired) electrons. The number of piperazine rings is 1. The van der Waals surface area contributed by atoms with Crippen LogP contribution in [0.15, 0.2) is 76.6 Å². The first-order chi connectivity index (χ1) is 14.3. The highest BCUT2D eigenvalue weighted by atomic mass is 32.2. The van der Waals surface area contributed by atoms with Crippen LogP contribution in [0.5, 0.6) is 0 Å². The van der Waals surface area contributed by atoms with Gasteiger partial charge in [-0.2, -0.15) is 0 Å². The van der Waals surface area contributed by atoms with Crippen molar-refractivity contribution in [1.82, 2.24) is 15.1 Å². The van der Waals surface area contributed by atoms with Crippen LogP contribution in [-0.4, -0.2) is 72.0 Å². The Balaban J connectivity index is 1.38. The minimum Gasteiger partial charge on any atom is -0.355 e. The molecule has 1 fully saturated rings. The summed E-state index contributed by atoms with van der Waals surface area (Å²) < 4.78 is 12.3. The molecule has 2 aromatic rings. The molecule has 29 heavy (non-hydrogen) atoms. The van der Waals surface area contributed by atoms with Crippen molar-refractivity contribution in [2.45, 2.75) is 4.90 Å². The van der Waals surface area contributed by atoms with Crippen molar-refractivity contribution >= 4 is 22.8 Å². The van der Waals surface area contributed by atoms with E-state index in [1.54, 1.807) is 0 Å². The zero-order valence-corrected chi connectivity index (χ0v) is 17.9. The van der Waals surface area contributed by atoms with Crippen LogP contribution in [-0.2, 0) is 10.8 Å².